The van der Waals surface area contributed by atoms with Gasteiger partial charge in [0.05, 0.1) is 10.7 Å². The van der Waals surface area contributed by atoms with Crippen LogP contribution in [0.5, 0.6) is 0 Å². The minimum atomic E-state index is -0.400. The van der Waals surface area contributed by atoms with Crippen LogP contribution in [0, 0.1) is 28.5 Å². The van der Waals surface area contributed by atoms with Crippen LogP contribution in [0.3, 0.4) is 0 Å². The Morgan fingerprint density at radius 2 is 2.19 bits per heavy atom. The minimum Gasteiger partial charge on any atom is -0.348 e. The van der Waals surface area contributed by atoms with Crippen molar-refractivity contribution in [3.8, 4) is 6.07 Å². The van der Waals surface area contributed by atoms with E-state index in [2.05, 4.69) is 37.2 Å². The van der Waals surface area contributed by atoms with Crippen LogP contribution in [0.2, 0.25) is 0 Å². The quantitative estimate of drug-likeness (QED) is 0.562. The second-order valence-electron chi connectivity index (χ2n) is 5.87. The van der Waals surface area contributed by atoms with Crippen molar-refractivity contribution in [2.75, 3.05) is 23.3 Å². The van der Waals surface area contributed by atoms with E-state index in [1.807, 2.05) is 0 Å². The van der Waals surface area contributed by atoms with Gasteiger partial charge in [0, 0.05) is 24.7 Å². The van der Waals surface area contributed by atoms with Crippen LogP contribution >= 0.6 is 27.3 Å². The van der Waals surface area contributed by atoms with Crippen molar-refractivity contribution in [1.29, 1.82) is 10.7 Å². The third kappa shape index (κ3) is 4.08. The van der Waals surface area contributed by atoms with Crippen LogP contribution in [0.15, 0.2) is 28.9 Å². The number of carbonyl (C=O) groups excluding carboxylic acids is 1. The maximum atomic E-state index is 13.3. The summed E-state index contributed by atoms with van der Waals surface area (Å²) in [7, 11) is 0. The second-order valence-corrected chi connectivity index (χ2v) is 7.74. The zero-order chi connectivity index (χ0) is 18.7. The van der Waals surface area contributed by atoms with Gasteiger partial charge in [0.15, 0.2) is 11.0 Å². The lowest BCUT2D eigenvalue weighted by Crippen LogP contribution is -2.39. The van der Waals surface area contributed by atoms with Gasteiger partial charge >= 0.3 is 0 Å². The van der Waals surface area contributed by atoms with Crippen molar-refractivity contribution >= 4 is 49.7 Å². The zero-order valence-electron chi connectivity index (χ0n) is 13.6. The smallest absolute Gasteiger partial charge is 0.200 e. The summed E-state index contributed by atoms with van der Waals surface area (Å²) >= 11 is 4.42. The van der Waals surface area contributed by atoms with E-state index in [0.29, 0.717) is 36.5 Å². The highest BCUT2D eigenvalue weighted by Crippen LogP contribution is 2.28. The number of hydrogen-bond acceptors (Lipinski definition) is 6. The van der Waals surface area contributed by atoms with Gasteiger partial charge in [-0.1, -0.05) is 11.3 Å². The first-order chi connectivity index (χ1) is 12.5. The number of piperidine rings is 1. The summed E-state index contributed by atoms with van der Waals surface area (Å²) < 4.78 is 13.5. The first-order valence-corrected chi connectivity index (χ1v) is 9.54. The number of carbonyl (C=O) groups is 1. The number of anilines is 2. The van der Waals surface area contributed by atoms with Gasteiger partial charge in [0.25, 0.3) is 0 Å². The second kappa shape index (κ2) is 7.93. The van der Waals surface area contributed by atoms with E-state index < -0.39 is 5.82 Å². The van der Waals surface area contributed by atoms with Gasteiger partial charge in [-0.15, -0.1) is 0 Å². The fourth-order valence-electron chi connectivity index (χ4n) is 2.78. The number of aromatic nitrogens is 1. The number of nitriles is 1. The Morgan fingerprint density at radius 1 is 1.46 bits per heavy atom. The van der Waals surface area contributed by atoms with Gasteiger partial charge in [-0.3, -0.25) is 10.2 Å². The molecule has 1 aromatic carbocycles. The third-order valence-electron chi connectivity index (χ3n) is 4.18. The lowest BCUT2D eigenvalue weighted by molar-refractivity contribution is -0.117. The predicted molar refractivity (Wildman–Crippen MR) is 102 cm³/mol. The molecule has 0 spiro atoms. The SMILES string of the molecule is N#Cc1cnc(N2CCC(C(=O)C(=N)Nc3ccc(F)c(Br)c3)CC2)s1. The number of hydrogen-bond donors (Lipinski definition) is 2. The lowest BCUT2D eigenvalue weighted by atomic mass is 9.92. The van der Waals surface area contributed by atoms with Crippen molar-refractivity contribution in [3.63, 3.8) is 0 Å². The predicted octanol–water partition coefficient (Wildman–Crippen LogP) is 3.79. The molecule has 1 aromatic heterocycles. The summed E-state index contributed by atoms with van der Waals surface area (Å²) in [5.74, 6) is -1.07. The highest BCUT2D eigenvalue weighted by atomic mass is 79.9. The summed E-state index contributed by atoms with van der Waals surface area (Å²) in [5, 5.41) is 20.4. The van der Waals surface area contributed by atoms with Gasteiger partial charge in [-0.05, 0) is 47.0 Å². The first-order valence-electron chi connectivity index (χ1n) is 7.93. The molecule has 134 valence electrons. The van der Waals surface area contributed by atoms with Crippen LogP contribution in [-0.4, -0.2) is 29.7 Å². The Labute approximate surface area is 162 Å². The van der Waals surface area contributed by atoms with E-state index in [9.17, 15) is 9.18 Å². The molecule has 0 bridgehead atoms. The molecule has 1 aliphatic heterocycles. The topological polar surface area (TPSA) is 92.9 Å². The number of Topliss-reactive ketones (excluding diaryl/α,β-unsaturated/α-hetero) is 1. The van der Waals surface area contributed by atoms with Crippen molar-refractivity contribution in [2.45, 2.75) is 12.8 Å². The summed E-state index contributed by atoms with van der Waals surface area (Å²) in [6, 6.07) is 6.32. The van der Waals surface area contributed by atoms with E-state index in [1.165, 1.54) is 29.5 Å². The molecule has 0 unspecified atom stereocenters. The molecular weight excluding hydrogens is 421 g/mol. The molecule has 0 saturated carbocycles. The number of nitrogens with zero attached hydrogens (tertiary/aromatic N) is 3. The molecule has 1 fully saturated rings. The number of amidine groups is 1. The van der Waals surface area contributed by atoms with Gasteiger partial charge in [0.2, 0.25) is 5.78 Å². The van der Waals surface area contributed by atoms with Gasteiger partial charge < -0.3 is 10.2 Å². The number of halogens is 2. The summed E-state index contributed by atoms with van der Waals surface area (Å²) in [6.07, 6.45) is 2.80. The molecular formula is C17H15BrFN5OS. The number of benzene rings is 1. The van der Waals surface area contributed by atoms with Crippen molar-refractivity contribution in [1.82, 2.24) is 4.98 Å². The van der Waals surface area contributed by atoms with Crippen molar-refractivity contribution in [3.05, 3.63) is 39.6 Å². The van der Waals surface area contributed by atoms with Crippen LogP contribution in [0.4, 0.5) is 15.2 Å². The summed E-state index contributed by atoms with van der Waals surface area (Å²) in [6.45, 7) is 1.31. The first kappa shape index (κ1) is 18.5. The van der Waals surface area contributed by atoms with E-state index in [4.69, 9.17) is 10.7 Å². The van der Waals surface area contributed by atoms with Crippen LogP contribution in [-0.2, 0) is 4.79 Å². The van der Waals surface area contributed by atoms with Gasteiger partial charge in [-0.25, -0.2) is 9.37 Å². The average Bonchev–Trinajstić information content (AvgIpc) is 3.13. The number of ketones is 1. The molecule has 0 amide bonds. The number of nitrogens with one attached hydrogen (secondary N) is 2. The molecule has 2 heterocycles. The number of rotatable bonds is 4. The minimum absolute atomic E-state index is 0.192. The number of thiazole rings is 1. The van der Waals surface area contributed by atoms with Crippen LogP contribution in [0.1, 0.15) is 17.7 Å². The lowest BCUT2D eigenvalue weighted by Gasteiger charge is -2.31. The molecule has 2 N–H and O–H groups in total. The molecule has 1 saturated heterocycles. The highest BCUT2D eigenvalue weighted by molar-refractivity contribution is 9.10. The van der Waals surface area contributed by atoms with Gasteiger partial charge in [0.1, 0.15) is 16.8 Å². The van der Waals surface area contributed by atoms with Crippen molar-refractivity contribution in [2.24, 2.45) is 5.92 Å². The standard InChI is InChI=1S/C17H15BrFN5OS/c18-13-7-11(1-2-14(13)19)23-16(21)15(25)10-3-5-24(6-4-10)17-22-9-12(8-20)26-17/h1-2,7,9-10H,3-6H2,(H2,21,23). The van der Waals surface area contributed by atoms with Crippen LogP contribution in [0.25, 0.3) is 0 Å². The maximum Gasteiger partial charge on any atom is 0.200 e. The Bertz CT molecular complexity index is 886. The zero-order valence-corrected chi connectivity index (χ0v) is 16.0. The highest BCUT2D eigenvalue weighted by Gasteiger charge is 2.28. The molecule has 3 rings (SSSR count). The van der Waals surface area contributed by atoms with Crippen molar-refractivity contribution < 1.29 is 9.18 Å². The van der Waals surface area contributed by atoms with E-state index in [1.54, 1.807) is 6.20 Å². The molecule has 1 aliphatic rings. The molecule has 2 aromatic rings. The van der Waals surface area contributed by atoms with Gasteiger partial charge in [-0.2, -0.15) is 5.26 Å². The fourth-order valence-corrected chi connectivity index (χ4v) is 3.92. The molecule has 9 heteroatoms. The van der Waals surface area contributed by atoms with E-state index in [-0.39, 0.29) is 22.0 Å². The monoisotopic (exact) mass is 435 g/mol. The Balaban J connectivity index is 1.56. The molecule has 0 radical (unpaired) electrons. The fraction of sp³-hybridized carbons (Fsp3) is 0.294. The Hall–Kier alpha value is -2.31. The normalized spacial score (nSPS) is 14.7. The average molecular weight is 436 g/mol. The molecule has 26 heavy (non-hydrogen) atoms. The van der Waals surface area contributed by atoms with Crippen LogP contribution < -0.4 is 10.2 Å². The Kier molecular flexibility index (Phi) is 5.64. The summed E-state index contributed by atoms with van der Waals surface area (Å²) in [5.41, 5.74) is 0.487. The third-order valence-corrected chi connectivity index (χ3v) is 5.75. The molecule has 0 aliphatic carbocycles. The molecule has 0 atom stereocenters. The maximum absolute atomic E-state index is 13.3. The largest absolute Gasteiger partial charge is 0.348 e. The Morgan fingerprint density at radius 3 is 2.81 bits per heavy atom. The summed E-state index contributed by atoms with van der Waals surface area (Å²) in [4.78, 5) is 19.4. The van der Waals surface area contributed by atoms with E-state index in [0.717, 1.165) is 5.13 Å². The van der Waals surface area contributed by atoms with E-state index >= 15 is 0 Å². The molecule has 6 nitrogen and oxygen atoms in total.